The van der Waals surface area contributed by atoms with E-state index in [0.717, 1.165) is 11.1 Å². The Kier molecular flexibility index (Phi) is 3.67. The molecule has 0 atom stereocenters. The monoisotopic (exact) mass is 284 g/mol. The Morgan fingerprint density at radius 3 is 1.94 bits per heavy atom. The molecular weight excluding hydrogens is 275 g/mol. The number of hydrogen-bond donors (Lipinski definition) is 0. The van der Waals surface area contributed by atoms with E-state index in [4.69, 9.17) is 34.8 Å². The smallest absolute Gasteiger partial charge is 0.0908 e. The fraction of sp³-hybridized carbons (Fsp3) is 0.143. The van der Waals surface area contributed by atoms with Crippen LogP contribution in [0.2, 0.25) is 5.02 Å². The molecule has 0 saturated heterocycles. The minimum absolute atomic E-state index is 0.570. The molecule has 0 radical (unpaired) electrons. The van der Waals surface area contributed by atoms with Gasteiger partial charge in [-0.25, -0.2) is 0 Å². The van der Waals surface area contributed by atoms with Gasteiger partial charge in [-0.05, 0) is 24.1 Å². The number of benzene rings is 2. The molecule has 0 spiro atoms. The SMILES string of the molecule is Cc1ccccc1C(Cl)(Cl)c1ccccc1Cl. The molecular formula is C14H11Cl3. The highest BCUT2D eigenvalue weighted by atomic mass is 35.5. The van der Waals surface area contributed by atoms with E-state index < -0.39 is 4.33 Å². The van der Waals surface area contributed by atoms with Crippen LogP contribution in [0.15, 0.2) is 48.5 Å². The second kappa shape index (κ2) is 4.89. The van der Waals surface area contributed by atoms with E-state index in [9.17, 15) is 0 Å². The third-order valence-electron chi connectivity index (χ3n) is 2.70. The molecule has 0 heterocycles. The molecule has 0 amide bonds. The highest BCUT2D eigenvalue weighted by Crippen LogP contribution is 2.44. The van der Waals surface area contributed by atoms with Gasteiger partial charge in [-0.2, -0.15) is 0 Å². The molecule has 3 heteroatoms. The number of rotatable bonds is 2. The summed E-state index contributed by atoms with van der Waals surface area (Å²) in [5.74, 6) is 0. The van der Waals surface area contributed by atoms with Crippen LogP contribution in [-0.4, -0.2) is 0 Å². The largest absolute Gasteiger partial charge is 0.169 e. The van der Waals surface area contributed by atoms with Crippen molar-refractivity contribution >= 4 is 34.8 Å². The summed E-state index contributed by atoms with van der Waals surface area (Å²) in [4.78, 5) is 0. The lowest BCUT2D eigenvalue weighted by Crippen LogP contribution is -2.14. The van der Waals surface area contributed by atoms with Gasteiger partial charge in [-0.15, -0.1) is 0 Å². The highest BCUT2D eigenvalue weighted by Gasteiger charge is 2.32. The van der Waals surface area contributed by atoms with Crippen LogP contribution in [-0.2, 0) is 4.33 Å². The maximum atomic E-state index is 6.48. The summed E-state index contributed by atoms with van der Waals surface area (Å²) < 4.78 is -1.12. The van der Waals surface area contributed by atoms with Crippen LogP contribution in [0.1, 0.15) is 16.7 Å². The first-order valence-corrected chi connectivity index (χ1v) is 6.36. The maximum absolute atomic E-state index is 6.48. The molecule has 88 valence electrons. The first-order valence-electron chi connectivity index (χ1n) is 5.22. The van der Waals surface area contributed by atoms with Crippen LogP contribution in [0.3, 0.4) is 0 Å². The van der Waals surface area contributed by atoms with E-state index in [0.29, 0.717) is 10.6 Å². The fourth-order valence-electron chi connectivity index (χ4n) is 1.79. The van der Waals surface area contributed by atoms with Crippen LogP contribution in [0.25, 0.3) is 0 Å². The lowest BCUT2D eigenvalue weighted by molar-refractivity contribution is 1.02. The molecule has 0 N–H and O–H groups in total. The summed E-state index contributed by atoms with van der Waals surface area (Å²) in [7, 11) is 0. The van der Waals surface area contributed by atoms with Crippen molar-refractivity contribution in [2.24, 2.45) is 0 Å². The van der Waals surface area contributed by atoms with Gasteiger partial charge in [0.1, 0.15) is 0 Å². The maximum Gasteiger partial charge on any atom is 0.169 e. The second-order valence-corrected chi connectivity index (χ2v) is 5.60. The molecule has 0 fully saturated rings. The first-order chi connectivity index (χ1) is 8.03. The number of hydrogen-bond acceptors (Lipinski definition) is 0. The zero-order chi connectivity index (χ0) is 12.5. The van der Waals surface area contributed by atoms with Crippen molar-refractivity contribution in [1.82, 2.24) is 0 Å². The molecule has 0 nitrogen and oxygen atoms in total. The summed E-state index contributed by atoms with van der Waals surface area (Å²) in [6, 6.07) is 15.1. The Morgan fingerprint density at radius 2 is 1.35 bits per heavy atom. The molecule has 0 bridgehead atoms. The Bertz CT molecular complexity index is 485. The first kappa shape index (κ1) is 12.8. The van der Waals surface area contributed by atoms with Gasteiger partial charge in [0.25, 0.3) is 0 Å². The predicted octanol–water partition coefficient (Wildman–Crippen LogP) is 5.33. The van der Waals surface area contributed by atoms with Gasteiger partial charge in [0.2, 0.25) is 0 Å². The van der Waals surface area contributed by atoms with Crippen molar-refractivity contribution in [2.75, 3.05) is 0 Å². The molecule has 0 unspecified atom stereocenters. The number of aryl methyl sites for hydroxylation is 1. The van der Waals surface area contributed by atoms with Crippen molar-refractivity contribution < 1.29 is 0 Å². The van der Waals surface area contributed by atoms with Crippen LogP contribution >= 0.6 is 34.8 Å². The average molecular weight is 286 g/mol. The Balaban J connectivity index is 2.58. The van der Waals surface area contributed by atoms with E-state index in [1.807, 2.05) is 49.4 Å². The zero-order valence-electron chi connectivity index (χ0n) is 9.25. The van der Waals surface area contributed by atoms with E-state index in [2.05, 4.69) is 0 Å². The third-order valence-corrected chi connectivity index (χ3v) is 3.84. The Morgan fingerprint density at radius 1 is 0.824 bits per heavy atom. The van der Waals surface area contributed by atoms with Crippen molar-refractivity contribution in [3.63, 3.8) is 0 Å². The minimum atomic E-state index is -1.12. The van der Waals surface area contributed by atoms with E-state index in [1.54, 1.807) is 6.07 Å². The molecule has 0 aliphatic heterocycles. The average Bonchev–Trinajstić information content (AvgIpc) is 2.29. The quantitative estimate of drug-likeness (QED) is 0.654. The van der Waals surface area contributed by atoms with Gasteiger partial charge in [0, 0.05) is 10.6 Å². The molecule has 17 heavy (non-hydrogen) atoms. The van der Waals surface area contributed by atoms with Gasteiger partial charge in [0.15, 0.2) is 4.33 Å². The van der Waals surface area contributed by atoms with Crippen molar-refractivity contribution in [3.8, 4) is 0 Å². The molecule has 2 rings (SSSR count). The lowest BCUT2D eigenvalue weighted by Gasteiger charge is -2.23. The summed E-state index contributed by atoms with van der Waals surface area (Å²) in [5, 5.41) is 0.570. The second-order valence-electron chi connectivity index (χ2n) is 3.87. The standard InChI is InChI=1S/C14H11Cl3/c1-10-6-2-3-7-11(10)14(16,17)12-8-4-5-9-13(12)15/h2-9H,1H3. The lowest BCUT2D eigenvalue weighted by atomic mass is 9.99. The minimum Gasteiger partial charge on any atom is -0.0908 e. The zero-order valence-corrected chi connectivity index (χ0v) is 11.5. The number of alkyl halides is 2. The molecule has 0 aliphatic rings. The van der Waals surface area contributed by atoms with E-state index in [-0.39, 0.29) is 0 Å². The molecule has 0 saturated carbocycles. The van der Waals surface area contributed by atoms with E-state index in [1.165, 1.54) is 0 Å². The summed E-state index contributed by atoms with van der Waals surface area (Å²) in [6.45, 7) is 1.98. The van der Waals surface area contributed by atoms with Crippen molar-refractivity contribution in [2.45, 2.75) is 11.3 Å². The molecule has 2 aromatic carbocycles. The summed E-state index contributed by atoms with van der Waals surface area (Å²) >= 11 is 19.1. The summed E-state index contributed by atoms with van der Waals surface area (Å²) in [5.41, 5.74) is 2.60. The predicted molar refractivity (Wildman–Crippen MR) is 75.1 cm³/mol. The number of halogens is 3. The van der Waals surface area contributed by atoms with Gasteiger partial charge in [-0.1, -0.05) is 77.3 Å². The Hall–Kier alpha value is -0.690. The van der Waals surface area contributed by atoms with E-state index >= 15 is 0 Å². The third kappa shape index (κ3) is 2.44. The molecule has 0 aromatic heterocycles. The Labute approximate surface area is 116 Å². The van der Waals surface area contributed by atoms with Gasteiger partial charge in [0.05, 0.1) is 0 Å². The topological polar surface area (TPSA) is 0 Å². The van der Waals surface area contributed by atoms with Crippen molar-refractivity contribution in [1.29, 1.82) is 0 Å². The van der Waals surface area contributed by atoms with Crippen LogP contribution in [0.5, 0.6) is 0 Å². The van der Waals surface area contributed by atoms with Gasteiger partial charge < -0.3 is 0 Å². The van der Waals surface area contributed by atoms with Gasteiger partial charge >= 0.3 is 0 Å². The fourth-order valence-corrected chi connectivity index (χ4v) is 2.91. The van der Waals surface area contributed by atoms with Gasteiger partial charge in [-0.3, -0.25) is 0 Å². The van der Waals surface area contributed by atoms with Crippen molar-refractivity contribution in [3.05, 3.63) is 70.2 Å². The highest BCUT2D eigenvalue weighted by molar-refractivity contribution is 6.51. The molecule has 2 aromatic rings. The normalized spacial score (nSPS) is 11.5. The summed E-state index contributed by atoms with van der Waals surface area (Å²) in [6.07, 6.45) is 0. The van der Waals surface area contributed by atoms with Crippen LogP contribution in [0.4, 0.5) is 0 Å². The molecule has 0 aliphatic carbocycles. The van der Waals surface area contributed by atoms with Crippen LogP contribution in [0, 0.1) is 6.92 Å². The van der Waals surface area contributed by atoms with Crippen LogP contribution < -0.4 is 0 Å².